The van der Waals surface area contributed by atoms with Crippen LogP contribution in [0, 0.1) is 13.8 Å². The summed E-state index contributed by atoms with van der Waals surface area (Å²) in [5.74, 6) is -0.0529. The zero-order valence-electron chi connectivity index (χ0n) is 16.6. The first kappa shape index (κ1) is 18.9. The quantitative estimate of drug-likeness (QED) is 0.747. The lowest BCUT2D eigenvalue weighted by atomic mass is 10.0. The van der Waals surface area contributed by atoms with Gasteiger partial charge in [0.25, 0.3) is 5.91 Å². The Balaban J connectivity index is 1.64. The summed E-state index contributed by atoms with van der Waals surface area (Å²) in [6, 6.07) is 17.8. The first-order chi connectivity index (χ1) is 14.0. The number of hydrogen-bond donors (Lipinski definition) is 1. The molecule has 1 N–H and O–H groups in total. The number of nitrogens with one attached hydrogen (secondary N) is 1. The van der Waals surface area contributed by atoms with Crippen LogP contribution in [0.25, 0.3) is 0 Å². The lowest BCUT2D eigenvalue weighted by Crippen LogP contribution is -2.59. The number of amides is 2. The number of aryl methyl sites for hydroxylation is 2. The molecular weight excluding hydrogens is 364 g/mol. The Morgan fingerprint density at radius 1 is 1.10 bits per heavy atom. The van der Waals surface area contributed by atoms with Crippen LogP contribution in [0.3, 0.4) is 0 Å². The van der Waals surface area contributed by atoms with E-state index in [9.17, 15) is 9.59 Å². The highest BCUT2D eigenvalue weighted by atomic mass is 16.2. The van der Waals surface area contributed by atoms with Gasteiger partial charge >= 0.3 is 0 Å². The molecule has 1 atom stereocenters. The number of carbonyl (C=O) groups is 2. The number of anilines is 1. The zero-order valence-corrected chi connectivity index (χ0v) is 16.6. The third-order valence-electron chi connectivity index (χ3n) is 5.27. The predicted octanol–water partition coefficient (Wildman–Crippen LogP) is 3.13. The summed E-state index contributed by atoms with van der Waals surface area (Å²) in [5, 5.41) is 0. The second kappa shape index (κ2) is 7.91. The number of imidazole rings is 1. The topological polar surface area (TPSA) is 69.3 Å². The Morgan fingerprint density at radius 3 is 2.48 bits per heavy atom. The van der Waals surface area contributed by atoms with Crippen LogP contribution >= 0.6 is 0 Å². The average molecular weight is 388 g/mol. The number of piperazine rings is 1. The van der Waals surface area contributed by atoms with Gasteiger partial charge in [0.15, 0.2) is 5.82 Å². The summed E-state index contributed by atoms with van der Waals surface area (Å²) in [7, 11) is 0. The van der Waals surface area contributed by atoms with E-state index in [0.29, 0.717) is 13.0 Å². The van der Waals surface area contributed by atoms with Gasteiger partial charge in [0, 0.05) is 24.1 Å². The zero-order chi connectivity index (χ0) is 20.4. The maximum absolute atomic E-state index is 13.1. The standard InChI is InChI=1S/C23H24N4O2/c1-16-8-10-19(11-9-16)26-14-20(12-18-6-4-3-5-7-18)27(15-21(26)28)23(29)22-24-13-17(2)25-22/h3-11,13,20H,12,14-15H2,1-2H3,(H,24,25). The maximum atomic E-state index is 13.1. The van der Waals surface area contributed by atoms with Crippen molar-refractivity contribution in [3.8, 4) is 0 Å². The van der Waals surface area contributed by atoms with Crippen molar-refractivity contribution in [3.05, 3.63) is 83.4 Å². The van der Waals surface area contributed by atoms with Gasteiger partial charge in [0.2, 0.25) is 5.91 Å². The second-order valence-corrected chi connectivity index (χ2v) is 7.53. The lowest BCUT2D eigenvalue weighted by Gasteiger charge is -2.40. The Bertz CT molecular complexity index is 1010. The highest BCUT2D eigenvalue weighted by Crippen LogP contribution is 2.24. The van der Waals surface area contributed by atoms with Crippen LogP contribution in [-0.2, 0) is 11.2 Å². The van der Waals surface area contributed by atoms with Crippen LogP contribution < -0.4 is 4.90 Å². The summed E-state index contributed by atoms with van der Waals surface area (Å²) in [6.07, 6.45) is 2.30. The van der Waals surface area contributed by atoms with E-state index >= 15 is 0 Å². The van der Waals surface area contributed by atoms with Crippen molar-refractivity contribution in [2.24, 2.45) is 0 Å². The van der Waals surface area contributed by atoms with E-state index in [1.54, 1.807) is 16.0 Å². The number of aromatic nitrogens is 2. The first-order valence-corrected chi connectivity index (χ1v) is 9.75. The van der Waals surface area contributed by atoms with Crippen LogP contribution in [0.1, 0.15) is 27.4 Å². The average Bonchev–Trinajstić information content (AvgIpc) is 3.16. The maximum Gasteiger partial charge on any atom is 0.290 e. The molecule has 2 amide bonds. The minimum Gasteiger partial charge on any atom is -0.338 e. The van der Waals surface area contributed by atoms with Gasteiger partial charge in [-0.1, -0.05) is 48.0 Å². The molecule has 4 rings (SSSR count). The monoisotopic (exact) mass is 388 g/mol. The summed E-state index contributed by atoms with van der Waals surface area (Å²) in [6.45, 7) is 4.35. The van der Waals surface area contributed by atoms with Gasteiger partial charge in [-0.05, 0) is 38.0 Å². The molecule has 1 aliphatic rings. The van der Waals surface area contributed by atoms with Gasteiger partial charge in [-0.25, -0.2) is 4.98 Å². The molecule has 0 aliphatic carbocycles. The van der Waals surface area contributed by atoms with Crippen LogP contribution in [0.5, 0.6) is 0 Å². The van der Waals surface area contributed by atoms with Crippen molar-refractivity contribution in [2.45, 2.75) is 26.3 Å². The van der Waals surface area contributed by atoms with Crippen molar-refractivity contribution in [3.63, 3.8) is 0 Å². The van der Waals surface area contributed by atoms with Gasteiger partial charge in [-0.15, -0.1) is 0 Å². The number of nitrogens with zero attached hydrogens (tertiary/aromatic N) is 3. The molecular formula is C23H24N4O2. The Kier molecular flexibility index (Phi) is 5.16. The largest absolute Gasteiger partial charge is 0.338 e. The molecule has 148 valence electrons. The number of H-pyrrole nitrogens is 1. The molecule has 1 fully saturated rings. The van der Waals surface area contributed by atoms with Gasteiger partial charge in [0.05, 0.1) is 6.04 Å². The van der Waals surface area contributed by atoms with Crippen molar-refractivity contribution in [1.82, 2.24) is 14.9 Å². The summed E-state index contributed by atoms with van der Waals surface area (Å²) < 4.78 is 0. The van der Waals surface area contributed by atoms with Gasteiger partial charge in [0.1, 0.15) is 6.54 Å². The van der Waals surface area contributed by atoms with Crippen LogP contribution in [0.2, 0.25) is 0 Å². The smallest absolute Gasteiger partial charge is 0.290 e. The fraction of sp³-hybridized carbons (Fsp3) is 0.261. The van der Waals surface area contributed by atoms with Crippen LogP contribution in [-0.4, -0.2) is 45.8 Å². The SMILES string of the molecule is Cc1ccc(N2CC(Cc3ccccc3)N(C(=O)c3ncc(C)[nH]3)CC2=O)cc1. The Hall–Kier alpha value is -3.41. The number of carbonyl (C=O) groups excluding carboxylic acids is 2. The van der Waals surface area contributed by atoms with E-state index < -0.39 is 0 Å². The molecule has 3 aromatic rings. The molecule has 0 bridgehead atoms. The molecule has 2 heterocycles. The first-order valence-electron chi connectivity index (χ1n) is 9.75. The van der Waals surface area contributed by atoms with Crippen molar-refractivity contribution >= 4 is 17.5 Å². The third kappa shape index (κ3) is 4.06. The number of rotatable bonds is 4. The molecule has 6 nitrogen and oxygen atoms in total. The third-order valence-corrected chi connectivity index (χ3v) is 5.27. The molecule has 0 spiro atoms. The number of aromatic amines is 1. The highest BCUT2D eigenvalue weighted by Gasteiger charge is 2.37. The highest BCUT2D eigenvalue weighted by molar-refractivity contribution is 6.00. The minimum atomic E-state index is -0.240. The van der Waals surface area contributed by atoms with Gasteiger partial charge in [-0.3, -0.25) is 9.59 Å². The van der Waals surface area contributed by atoms with Crippen molar-refractivity contribution < 1.29 is 9.59 Å². The fourth-order valence-corrected chi connectivity index (χ4v) is 3.70. The summed E-state index contributed by atoms with van der Waals surface area (Å²) >= 11 is 0. The van der Waals surface area contributed by atoms with Gasteiger partial charge < -0.3 is 14.8 Å². The summed E-state index contributed by atoms with van der Waals surface area (Å²) in [4.78, 5) is 36.6. The van der Waals surface area contributed by atoms with Gasteiger partial charge in [-0.2, -0.15) is 0 Å². The fourth-order valence-electron chi connectivity index (χ4n) is 3.70. The number of benzene rings is 2. The van der Waals surface area contributed by atoms with E-state index in [0.717, 1.165) is 22.5 Å². The van der Waals surface area contributed by atoms with Crippen LogP contribution in [0.15, 0.2) is 60.8 Å². The lowest BCUT2D eigenvalue weighted by molar-refractivity contribution is -0.121. The molecule has 29 heavy (non-hydrogen) atoms. The molecule has 0 radical (unpaired) electrons. The molecule has 2 aromatic carbocycles. The van der Waals surface area contributed by atoms with Crippen LogP contribution in [0.4, 0.5) is 5.69 Å². The van der Waals surface area contributed by atoms with E-state index in [4.69, 9.17) is 0 Å². The number of hydrogen-bond acceptors (Lipinski definition) is 3. The molecule has 6 heteroatoms. The van der Waals surface area contributed by atoms with E-state index in [2.05, 4.69) is 9.97 Å². The second-order valence-electron chi connectivity index (χ2n) is 7.53. The molecule has 1 aromatic heterocycles. The minimum absolute atomic E-state index is 0.0317. The normalized spacial score (nSPS) is 16.9. The predicted molar refractivity (Wildman–Crippen MR) is 112 cm³/mol. The van der Waals surface area contributed by atoms with E-state index in [1.807, 2.05) is 68.4 Å². The summed E-state index contributed by atoms with van der Waals surface area (Å²) in [5.41, 5.74) is 3.95. The van der Waals surface area contributed by atoms with Crippen molar-refractivity contribution in [2.75, 3.05) is 18.0 Å². The molecule has 1 unspecified atom stereocenters. The molecule has 1 aliphatic heterocycles. The molecule has 0 saturated carbocycles. The van der Waals surface area contributed by atoms with E-state index in [1.165, 1.54) is 0 Å². The Morgan fingerprint density at radius 2 is 1.83 bits per heavy atom. The molecule has 1 saturated heterocycles. The Labute approximate surface area is 170 Å². The van der Waals surface area contributed by atoms with Crippen molar-refractivity contribution in [1.29, 1.82) is 0 Å². The van der Waals surface area contributed by atoms with E-state index in [-0.39, 0.29) is 30.2 Å².